The minimum atomic E-state index is 0. The average Bonchev–Trinajstić information content (AvgIpc) is 3.00. The maximum atomic E-state index is 6.06. The third-order valence-corrected chi connectivity index (χ3v) is 6.32. The highest BCUT2D eigenvalue weighted by molar-refractivity contribution is 5.04. The topological polar surface area (TPSA) is 9.23 Å². The molecule has 2 bridgehead atoms. The van der Waals surface area contributed by atoms with Gasteiger partial charge in [-0.05, 0) is 54.3 Å². The Kier molecular flexibility index (Phi) is 13.0. The normalized spacial score (nSPS) is 44.5. The van der Waals surface area contributed by atoms with E-state index >= 15 is 0 Å². The number of hydrogen-bond acceptors (Lipinski definition) is 1. The van der Waals surface area contributed by atoms with Gasteiger partial charge in [0, 0.05) is 6.61 Å². The molecule has 3 rings (SSSR count). The maximum absolute atomic E-state index is 6.06. The highest BCUT2D eigenvalue weighted by Crippen LogP contribution is 2.60. The van der Waals surface area contributed by atoms with Crippen LogP contribution in [0.4, 0.5) is 0 Å². The summed E-state index contributed by atoms with van der Waals surface area (Å²) in [6.07, 6.45) is 3.36. The highest BCUT2D eigenvalue weighted by atomic mass is 16.5. The van der Waals surface area contributed by atoms with Crippen LogP contribution < -0.4 is 0 Å². The molecule has 0 N–H and O–H groups in total. The summed E-state index contributed by atoms with van der Waals surface area (Å²) in [5.74, 6) is 6.40. The molecule has 0 radical (unpaired) electrons. The second-order valence-corrected chi connectivity index (χ2v) is 6.82. The number of fused-ring (bicyclic) bond motifs is 2. The fourth-order valence-electron chi connectivity index (χ4n) is 5.15. The van der Waals surface area contributed by atoms with Gasteiger partial charge in [0.15, 0.2) is 0 Å². The van der Waals surface area contributed by atoms with E-state index in [-0.39, 0.29) is 29.7 Å². The zero-order chi connectivity index (χ0) is 13.4. The van der Waals surface area contributed by atoms with Gasteiger partial charge in [0.25, 0.3) is 0 Å². The van der Waals surface area contributed by atoms with Crippen LogP contribution in [0.5, 0.6) is 0 Å². The van der Waals surface area contributed by atoms with Gasteiger partial charge in [-0.25, -0.2) is 0 Å². The van der Waals surface area contributed by atoms with Crippen LogP contribution in [0, 0.1) is 41.4 Å². The minimum absolute atomic E-state index is 0. The minimum Gasteiger partial charge on any atom is -0.378 e. The van der Waals surface area contributed by atoms with E-state index in [1.165, 1.54) is 12.8 Å². The van der Waals surface area contributed by atoms with Crippen molar-refractivity contribution in [1.82, 2.24) is 0 Å². The summed E-state index contributed by atoms with van der Waals surface area (Å²) in [5.41, 5.74) is 0. The smallest absolute Gasteiger partial charge is 0.0635 e. The molecule has 22 heavy (non-hydrogen) atoms. The first kappa shape index (κ1) is 26.8. The molecule has 8 atom stereocenters. The summed E-state index contributed by atoms with van der Waals surface area (Å²) in [4.78, 5) is 0. The van der Waals surface area contributed by atoms with E-state index in [0.29, 0.717) is 6.10 Å². The Morgan fingerprint density at radius 2 is 1.23 bits per heavy atom. The molecule has 1 heterocycles. The van der Waals surface area contributed by atoms with Gasteiger partial charge in [-0.2, -0.15) is 0 Å². The number of ether oxygens (including phenoxy) is 1. The van der Waals surface area contributed by atoms with Crippen LogP contribution in [0.25, 0.3) is 0 Å². The Hall–Kier alpha value is -0.0400. The zero-order valence-electron chi connectivity index (χ0n) is 13.1. The van der Waals surface area contributed by atoms with Crippen molar-refractivity contribution in [2.24, 2.45) is 41.4 Å². The van der Waals surface area contributed by atoms with Gasteiger partial charge in [-0.15, -0.1) is 0 Å². The molecule has 0 spiro atoms. The van der Waals surface area contributed by atoms with Crippen molar-refractivity contribution in [1.29, 1.82) is 0 Å². The lowest BCUT2D eigenvalue weighted by Crippen LogP contribution is -2.39. The van der Waals surface area contributed by atoms with Crippen LogP contribution in [0.1, 0.15) is 84.1 Å². The van der Waals surface area contributed by atoms with E-state index in [1.807, 2.05) is 13.8 Å². The monoisotopic (exact) mass is 316 g/mol. The maximum Gasteiger partial charge on any atom is 0.0635 e. The van der Waals surface area contributed by atoms with Crippen molar-refractivity contribution < 1.29 is 4.74 Å². The Labute approximate surface area is 143 Å². The van der Waals surface area contributed by atoms with Crippen LogP contribution >= 0.6 is 0 Å². The Balaban J connectivity index is -0.000000579. The summed E-state index contributed by atoms with van der Waals surface area (Å²) >= 11 is 0. The highest BCUT2D eigenvalue weighted by Gasteiger charge is 2.56. The average molecular weight is 317 g/mol. The number of hydrogen-bond donors (Lipinski definition) is 0. The van der Waals surface area contributed by atoms with Crippen molar-refractivity contribution in [2.75, 3.05) is 6.61 Å². The molecule has 1 saturated heterocycles. The SMILES string of the molecule is C.C.C.C.CC.CC1CCOC1C1C(C)C2CC1C(C)C2C. The Morgan fingerprint density at radius 1 is 0.727 bits per heavy atom. The largest absolute Gasteiger partial charge is 0.378 e. The molecule has 8 unspecified atom stereocenters. The van der Waals surface area contributed by atoms with Gasteiger partial charge >= 0.3 is 0 Å². The molecule has 0 aromatic heterocycles. The van der Waals surface area contributed by atoms with Gasteiger partial charge < -0.3 is 4.74 Å². The summed E-state index contributed by atoms with van der Waals surface area (Å²) in [5, 5.41) is 0. The second-order valence-electron chi connectivity index (χ2n) is 6.82. The molecule has 3 aliphatic rings. The lowest BCUT2D eigenvalue weighted by molar-refractivity contribution is -0.0214. The molecule has 0 aromatic carbocycles. The van der Waals surface area contributed by atoms with E-state index < -0.39 is 0 Å². The summed E-state index contributed by atoms with van der Waals surface area (Å²) in [6.45, 7) is 14.8. The lowest BCUT2D eigenvalue weighted by atomic mass is 9.67. The first-order chi connectivity index (χ1) is 8.61. The molecule has 1 heteroatoms. The predicted octanol–water partition coefficient (Wildman–Crippen LogP) is 7.16. The third kappa shape index (κ3) is 4.08. The van der Waals surface area contributed by atoms with E-state index in [0.717, 1.165) is 48.0 Å². The fraction of sp³-hybridized carbons (Fsp3) is 1.00. The van der Waals surface area contributed by atoms with Crippen LogP contribution in [0.2, 0.25) is 0 Å². The quantitative estimate of drug-likeness (QED) is 0.499. The Bertz CT molecular complexity index is 275. The van der Waals surface area contributed by atoms with Gasteiger partial charge in [0.1, 0.15) is 0 Å². The summed E-state index contributed by atoms with van der Waals surface area (Å²) in [7, 11) is 0. The van der Waals surface area contributed by atoms with Crippen LogP contribution in [-0.2, 0) is 4.74 Å². The van der Waals surface area contributed by atoms with E-state index in [4.69, 9.17) is 4.74 Å². The van der Waals surface area contributed by atoms with Crippen molar-refractivity contribution in [3.63, 3.8) is 0 Å². The predicted molar refractivity (Wildman–Crippen MR) is 104 cm³/mol. The van der Waals surface area contributed by atoms with Crippen molar-refractivity contribution >= 4 is 0 Å². The van der Waals surface area contributed by atoms with Crippen LogP contribution in [0.3, 0.4) is 0 Å². The molecule has 2 saturated carbocycles. The summed E-state index contributed by atoms with van der Waals surface area (Å²) in [6, 6.07) is 0. The molecular weight excluding hydrogens is 268 g/mol. The molecule has 1 aliphatic heterocycles. The van der Waals surface area contributed by atoms with Crippen LogP contribution in [0.15, 0.2) is 0 Å². The van der Waals surface area contributed by atoms with E-state index in [2.05, 4.69) is 27.7 Å². The number of rotatable bonds is 1. The second kappa shape index (κ2) is 10.7. The lowest BCUT2D eigenvalue weighted by Gasteiger charge is -2.40. The standard InChI is InChI=1S/C15H26O.C2H6.4CH4/c1-8-5-6-16-15(8)14-11(4)12-7-13(14)10(3)9(12)2;1-2;;;;/h8-15H,5-7H2,1-4H3;1-2H3;4*1H4. The summed E-state index contributed by atoms with van der Waals surface area (Å²) < 4.78 is 6.06. The molecule has 0 amide bonds. The third-order valence-electron chi connectivity index (χ3n) is 6.32. The molecule has 2 aliphatic carbocycles. The molecule has 0 aromatic rings. The van der Waals surface area contributed by atoms with E-state index in [1.54, 1.807) is 0 Å². The molecule has 138 valence electrons. The molecular formula is C21H48O. The van der Waals surface area contributed by atoms with Gasteiger partial charge in [0.2, 0.25) is 0 Å². The first-order valence-corrected chi connectivity index (χ1v) is 8.23. The van der Waals surface area contributed by atoms with E-state index in [9.17, 15) is 0 Å². The van der Waals surface area contributed by atoms with Crippen LogP contribution in [-0.4, -0.2) is 12.7 Å². The van der Waals surface area contributed by atoms with Crippen molar-refractivity contribution in [2.45, 2.75) is 90.2 Å². The molecule has 1 nitrogen and oxygen atoms in total. The van der Waals surface area contributed by atoms with Gasteiger partial charge in [-0.3, -0.25) is 0 Å². The Morgan fingerprint density at radius 3 is 1.64 bits per heavy atom. The molecule has 3 fully saturated rings. The van der Waals surface area contributed by atoms with Gasteiger partial charge in [-0.1, -0.05) is 71.2 Å². The van der Waals surface area contributed by atoms with Crippen molar-refractivity contribution in [3.05, 3.63) is 0 Å². The first-order valence-electron chi connectivity index (χ1n) is 8.23. The van der Waals surface area contributed by atoms with Crippen molar-refractivity contribution in [3.8, 4) is 0 Å². The fourth-order valence-corrected chi connectivity index (χ4v) is 5.15. The van der Waals surface area contributed by atoms with Gasteiger partial charge in [0.05, 0.1) is 6.10 Å². The zero-order valence-corrected chi connectivity index (χ0v) is 13.1.